The molecule has 0 bridgehead atoms. The van der Waals surface area contributed by atoms with Crippen LogP contribution in [-0.4, -0.2) is 19.2 Å². The Balaban J connectivity index is 2.17. The number of pyridine rings is 1. The summed E-state index contributed by atoms with van der Waals surface area (Å²) in [5.41, 5.74) is 0.356. The van der Waals surface area contributed by atoms with Crippen LogP contribution in [-0.2, 0) is 0 Å². The molecule has 0 fully saturated rings. The number of H-pyrrole nitrogens is 1. The van der Waals surface area contributed by atoms with Crippen LogP contribution in [0.1, 0.15) is 0 Å². The van der Waals surface area contributed by atoms with Gasteiger partial charge in [-0.15, -0.1) is 0 Å². The second-order valence-electron chi connectivity index (χ2n) is 4.81. The van der Waals surface area contributed by atoms with Crippen LogP contribution in [0.5, 0.6) is 23.0 Å². The zero-order chi connectivity index (χ0) is 16.4. The Morgan fingerprint density at radius 1 is 0.957 bits per heavy atom. The highest BCUT2D eigenvalue weighted by atomic mass is 79.9. The molecule has 1 N–H and O–H groups in total. The maximum absolute atomic E-state index is 11.9. The van der Waals surface area contributed by atoms with Crippen molar-refractivity contribution in [1.82, 2.24) is 4.98 Å². The largest absolute Gasteiger partial charge is 0.493 e. The predicted molar refractivity (Wildman–Crippen MR) is 91.9 cm³/mol. The van der Waals surface area contributed by atoms with Gasteiger partial charge in [0.2, 0.25) is 0 Å². The summed E-state index contributed by atoms with van der Waals surface area (Å²) in [4.78, 5) is 14.7. The van der Waals surface area contributed by atoms with Crippen LogP contribution in [0.25, 0.3) is 10.9 Å². The van der Waals surface area contributed by atoms with Crippen LogP contribution < -0.4 is 19.8 Å². The van der Waals surface area contributed by atoms with Crippen LogP contribution in [0.4, 0.5) is 0 Å². The SMILES string of the molecule is COc1cc2[nH]c(=O)cc(Oc3cccc(Br)c3)c2cc1OC. The molecule has 5 nitrogen and oxygen atoms in total. The summed E-state index contributed by atoms with van der Waals surface area (Å²) in [6.07, 6.45) is 0. The quantitative estimate of drug-likeness (QED) is 0.745. The molecular formula is C17H14BrNO4. The fourth-order valence-corrected chi connectivity index (χ4v) is 2.67. The van der Waals surface area contributed by atoms with E-state index in [9.17, 15) is 4.79 Å². The average molecular weight is 376 g/mol. The predicted octanol–water partition coefficient (Wildman–Crippen LogP) is 4.10. The van der Waals surface area contributed by atoms with Gasteiger partial charge < -0.3 is 19.2 Å². The van der Waals surface area contributed by atoms with Crippen molar-refractivity contribution >= 4 is 26.8 Å². The Kier molecular flexibility index (Phi) is 4.25. The Labute approximate surface area is 140 Å². The van der Waals surface area contributed by atoms with Crippen molar-refractivity contribution in [3.63, 3.8) is 0 Å². The molecule has 0 radical (unpaired) electrons. The first-order valence-corrected chi connectivity index (χ1v) is 7.62. The molecule has 0 aliphatic carbocycles. The Morgan fingerprint density at radius 3 is 2.39 bits per heavy atom. The normalized spacial score (nSPS) is 10.6. The number of rotatable bonds is 4. The summed E-state index contributed by atoms with van der Waals surface area (Å²) in [5.74, 6) is 2.17. The second kappa shape index (κ2) is 6.34. The van der Waals surface area contributed by atoms with Crippen molar-refractivity contribution in [2.24, 2.45) is 0 Å². The molecule has 6 heteroatoms. The van der Waals surface area contributed by atoms with Gasteiger partial charge in [-0.3, -0.25) is 4.79 Å². The van der Waals surface area contributed by atoms with E-state index in [-0.39, 0.29) is 5.56 Å². The van der Waals surface area contributed by atoms with Gasteiger partial charge in [-0.1, -0.05) is 22.0 Å². The van der Waals surface area contributed by atoms with Gasteiger partial charge in [-0.2, -0.15) is 0 Å². The van der Waals surface area contributed by atoms with Crippen molar-refractivity contribution < 1.29 is 14.2 Å². The standard InChI is InChI=1S/C17H14BrNO4/c1-21-15-7-12-13(8-16(15)22-2)19-17(20)9-14(12)23-11-5-3-4-10(18)6-11/h3-9H,1-2H3,(H,19,20). The van der Waals surface area contributed by atoms with Gasteiger partial charge in [-0.25, -0.2) is 0 Å². The monoisotopic (exact) mass is 375 g/mol. The van der Waals surface area contributed by atoms with E-state index in [0.29, 0.717) is 28.5 Å². The smallest absolute Gasteiger partial charge is 0.252 e. The number of fused-ring (bicyclic) bond motifs is 1. The highest BCUT2D eigenvalue weighted by Crippen LogP contribution is 2.36. The van der Waals surface area contributed by atoms with Gasteiger partial charge >= 0.3 is 0 Å². The Bertz CT molecular complexity index is 920. The molecule has 0 spiro atoms. The van der Waals surface area contributed by atoms with Crippen LogP contribution in [0.15, 0.2) is 51.7 Å². The van der Waals surface area contributed by atoms with Crippen LogP contribution in [0.2, 0.25) is 0 Å². The maximum Gasteiger partial charge on any atom is 0.252 e. The summed E-state index contributed by atoms with van der Waals surface area (Å²) in [6.45, 7) is 0. The summed E-state index contributed by atoms with van der Waals surface area (Å²) in [7, 11) is 3.11. The lowest BCUT2D eigenvalue weighted by Crippen LogP contribution is -2.05. The minimum atomic E-state index is -0.255. The number of nitrogens with one attached hydrogen (secondary N) is 1. The highest BCUT2D eigenvalue weighted by Gasteiger charge is 2.12. The number of hydrogen-bond donors (Lipinski definition) is 1. The lowest BCUT2D eigenvalue weighted by molar-refractivity contribution is 0.355. The van der Waals surface area contributed by atoms with Gasteiger partial charge in [0.1, 0.15) is 11.5 Å². The van der Waals surface area contributed by atoms with Crippen molar-refractivity contribution in [3.8, 4) is 23.0 Å². The molecule has 0 saturated carbocycles. The summed E-state index contributed by atoms with van der Waals surface area (Å²) >= 11 is 3.40. The second-order valence-corrected chi connectivity index (χ2v) is 5.73. The van der Waals surface area contributed by atoms with E-state index in [1.165, 1.54) is 6.07 Å². The first kappa shape index (κ1) is 15.4. The topological polar surface area (TPSA) is 60.6 Å². The fraction of sp³-hybridized carbons (Fsp3) is 0.118. The molecule has 2 aromatic carbocycles. The summed E-state index contributed by atoms with van der Waals surface area (Å²) in [5, 5.41) is 0.724. The molecule has 0 atom stereocenters. The zero-order valence-corrected chi connectivity index (χ0v) is 14.1. The number of aromatic amines is 1. The van der Waals surface area contributed by atoms with E-state index in [0.717, 1.165) is 9.86 Å². The Hall–Kier alpha value is -2.47. The number of hydrogen-bond acceptors (Lipinski definition) is 4. The molecule has 118 valence electrons. The zero-order valence-electron chi connectivity index (χ0n) is 12.6. The molecule has 1 aromatic heterocycles. The Morgan fingerprint density at radius 2 is 1.70 bits per heavy atom. The van der Waals surface area contributed by atoms with Gasteiger partial charge in [0, 0.05) is 22.0 Å². The van der Waals surface area contributed by atoms with E-state index in [4.69, 9.17) is 14.2 Å². The number of halogens is 1. The maximum atomic E-state index is 11.9. The van der Waals surface area contributed by atoms with Gasteiger partial charge in [0.05, 0.1) is 19.7 Å². The molecule has 3 aromatic rings. The van der Waals surface area contributed by atoms with Gasteiger partial charge in [0.25, 0.3) is 5.56 Å². The third-order valence-corrected chi connectivity index (χ3v) is 3.83. The lowest BCUT2D eigenvalue weighted by atomic mass is 10.1. The van der Waals surface area contributed by atoms with Crippen LogP contribution in [0.3, 0.4) is 0 Å². The summed E-state index contributed by atoms with van der Waals surface area (Å²) < 4.78 is 17.4. The number of ether oxygens (including phenoxy) is 3. The van der Waals surface area contributed by atoms with Crippen molar-refractivity contribution in [2.45, 2.75) is 0 Å². The molecule has 23 heavy (non-hydrogen) atoms. The van der Waals surface area contributed by atoms with Crippen molar-refractivity contribution in [3.05, 3.63) is 57.3 Å². The first-order chi connectivity index (χ1) is 11.1. The number of aromatic nitrogens is 1. The molecule has 1 heterocycles. The molecule has 0 aliphatic heterocycles. The number of benzene rings is 2. The van der Waals surface area contributed by atoms with E-state index >= 15 is 0 Å². The fourth-order valence-electron chi connectivity index (χ4n) is 2.29. The lowest BCUT2D eigenvalue weighted by Gasteiger charge is -2.12. The van der Waals surface area contributed by atoms with Crippen LogP contribution >= 0.6 is 15.9 Å². The van der Waals surface area contributed by atoms with Crippen molar-refractivity contribution in [2.75, 3.05) is 14.2 Å². The van der Waals surface area contributed by atoms with Crippen LogP contribution in [0, 0.1) is 0 Å². The van der Waals surface area contributed by atoms with E-state index in [1.807, 2.05) is 24.3 Å². The van der Waals surface area contributed by atoms with E-state index in [1.54, 1.807) is 26.4 Å². The minimum Gasteiger partial charge on any atom is -0.493 e. The van der Waals surface area contributed by atoms with Gasteiger partial charge in [-0.05, 0) is 24.3 Å². The molecule has 0 saturated heterocycles. The molecule has 0 amide bonds. The molecule has 3 rings (SSSR count). The molecule has 0 aliphatic rings. The third kappa shape index (κ3) is 3.17. The molecule has 0 unspecified atom stereocenters. The third-order valence-electron chi connectivity index (χ3n) is 3.33. The summed E-state index contributed by atoms with van der Waals surface area (Å²) in [6, 6.07) is 12.3. The van der Waals surface area contributed by atoms with E-state index < -0.39 is 0 Å². The number of methoxy groups -OCH3 is 2. The average Bonchev–Trinajstić information content (AvgIpc) is 2.53. The van der Waals surface area contributed by atoms with Crippen molar-refractivity contribution in [1.29, 1.82) is 0 Å². The van der Waals surface area contributed by atoms with Gasteiger partial charge in [0.15, 0.2) is 11.5 Å². The van der Waals surface area contributed by atoms with E-state index in [2.05, 4.69) is 20.9 Å². The minimum absolute atomic E-state index is 0.255. The first-order valence-electron chi connectivity index (χ1n) is 6.83. The highest BCUT2D eigenvalue weighted by molar-refractivity contribution is 9.10. The molecular weight excluding hydrogens is 362 g/mol.